The van der Waals surface area contributed by atoms with Gasteiger partial charge < -0.3 is 14.4 Å². The van der Waals surface area contributed by atoms with Gasteiger partial charge in [-0.1, -0.05) is 24.3 Å². The van der Waals surface area contributed by atoms with Gasteiger partial charge in [0.1, 0.15) is 18.1 Å². The van der Waals surface area contributed by atoms with Crippen LogP contribution in [0.3, 0.4) is 0 Å². The molecule has 3 aromatic rings. The van der Waals surface area contributed by atoms with Gasteiger partial charge in [-0.3, -0.25) is 0 Å². The molecule has 0 fully saturated rings. The lowest BCUT2D eigenvalue weighted by Gasteiger charge is -2.10. The zero-order chi connectivity index (χ0) is 13.9. The number of rotatable bonds is 4. The highest BCUT2D eigenvalue weighted by Crippen LogP contribution is 2.23. The molecule has 3 rings (SSSR count). The molecular weight excluding hydrogens is 250 g/mol. The Hall–Kier alpha value is -2.42. The molecule has 0 unspecified atom stereocenters. The van der Waals surface area contributed by atoms with Crippen molar-refractivity contribution in [2.45, 2.75) is 20.1 Å². The van der Waals surface area contributed by atoms with Crippen LogP contribution < -0.4 is 4.74 Å². The predicted octanol–water partition coefficient (Wildman–Crippen LogP) is 3.95. The van der Waals surface area contributed by atoms with Crippen LogP contribution in [0.25, 0.3) is 10.9 Å². The number of aromatic hydroxyl groups is 1. The van der Waals surface area contributed by atoms with E-state index in [-0.39, 0.29) is 5.75 Å². The monoisotopic (exact) mass is 267 g/mol. The van der Waals surface area contributed by atoms with E-state index in [1.807, 2.05) is 18.2 Å². The number of fused-ring (bicyclic) bond motifs is 1. The molecule has 0 radical (unpaired) electrons. The van der Waals surface area contributed by atoms with E-state index < -0.39 is 0 Å². The van der Waals surface area contributed by atoms with Gasteiger partial charge in [-0.15, -0.1) is 0 Å². The fourth-order valence-corrected chi connectivity index (χ4v) is 2.49. The molecule has 0 bridgehead atoms. The fraction of sp³-hybridized carbons (Fsp3) is 0.176. The number of benzene rings is 2. The van der Waals surface area contributed by atoms with Crippen LogP contribution in [0.15, 0.2) is 54.6 Å². The highest BCUT2D eigenvalue weighted by molar-refractivity contribution is 5.81. The van der Waals surface area contributed by atoms with Crippen molar-refractivity contribution in [1.29, 1.82) is 0 Å². The Morgan fingerprint density at radius 1 is 1.05 bits per heavy atom. The van der Waals surface area contributed by atoms with Gasteiger partial charge in [-0.2, -0.15) is 0 Å². The Balaban J connectivity index is 1.87. The van der Waals surface area contributed by atoms with Crippen LogP contribution in [-0.4, -0.2) is 9.67 Å². The summed E-state index contributed by atoms with van der Waals surface area (Å²) in [4.78, 5) is 0. The summed E-state index contributed by atoms with van der Waals surface area (Å²) in [6.07, 6.45) is 0. The summed E-state index contributed by atoms with van der Waals surface area (Å²) in [6, 6.07) is 17.4. The highest BCUT2D eigenvalue weighted by Gasteiger charge is 2.07. The van der Waals surface area contributed by atoms with Crippen molar-refractivity contribution in [3.63, 3.8) is 0 Å². The molecule has 0 spiro atoms. The zero-order valence-corrected chi connectivity index (χ0v) is 11.4. The van der Waals surface area contributed by atoms with Crippen LogP contribution in [0.5, 0.6) is 11.5 Å². The summed E-state index contributed by atoms with van der Waals surface area (Å²) in [6.45, 7) is 3.53. The summed E-state index contributed by atoms with van der Waals surface area (Å²) in [5.41, 5.74) is 2.36. The van der Waals surface area contributed by atoms with E-state index in [9.17, 15) is 5.11 Å². The van der Waals surface area contributed by atoms with Crippen molar-refractivity contribution in [2.24, 2.45) is 0 Å². The Morgan fingerprint density at radius 2 is 1.90 bits per heavy atom. The van der Waals surface area contributed by atoms with Crippen molar-refractivity contribution in [2.75, 3.05) is 0 Å². The average Bonchev–Trinajstić information content (AvgIpc) is 2.82. The van der Waals surface area contributed by atoms with Crippen molar-refractivity contribution >= 4 is 10.9 Å². The molecule has 1 heterocycles. The number of aromatic nitrogens is 1. The van der Waals surface area contributed by atoms with Crippen molar-refractivity contribution < 1.29 is 9.84 Å². The molecule has 0 saturated carbocycles. The van der Waals surface area contributed by atoms with E-state index in [2.05, 4.69) is 29.7 Å². The van der Waals surface area contributed by atoms with Gasteiger partial charge >= 0.3 is 0 Å². The minimum atomic E-state index is 0.221. The van der Waals surface area contributed by atoms with E-state index in [0.717, 1.165) is 12.2 Å². The summed E-state index contributed by atoms with van der Waals surface area (Å²) in [5, 5.41) is 10.7. The minimum absolute atomic E-state index is 0.221. The highest BCUT2D eigenvalue weighted by atomic mass is 16.5. The zero-order valence-electron chi connectivity index (χ0n) is 11.4. The maximum atomic E-state index is 9.44. The van der Waals surface area contributed by atoms with Crippen molar-refractivity contribution in [3.05, 3.63) is 60.3 Å². The second-order valence-corrected chi connectivity index (χ2v) is 4.72. The normalized spacial score (nSPS) is 10.8. The molecule has 0 aliphatic carbocycles. The maximum Gasteiger partial charge on any atom is 0.128 e. The third-order valence-corrected chi connectivity index (χ3v) is 3.42. The average molecular weight is 267 g/mol. The smallest absolute Gasteiger partial charge is 0.128 e. The van der Waals surface area contributed by atoms with Gasteiger partial charge in [-0.25, -0.2) is 0 Å². The van der Waals surface area contributed by atoms with E-state index in [0.29, 0.717) is 12.4 Å². The number of phenolic OH excluding ortho intramolecular Hbond substituents is 1. The maximum absolute atomic E-state index is 9.44. The lowest BCUT2D eigenvalue weighted by Crippen LogP contribution is -2.04. The van der Waals surface area contributed by atoms with E-state index in [1.54, 1.807) is 18.2 Å². The molecular formula is C17H17NO2. The number of ether oxygens (including phenoxy) is 1. The minimum Gasteiger partial charge on any atom is -0.508 e. The van der Waals surface area contributed by atoms with E-state index in [1.165, 1.54) is 10.9 Å². The summed E-state index contributed by atoms with van der Waals surface area (Å²) in [7, 11) is 0. The third kappa shape index (κ3) is 2.35. The molecule has 0 aliphatic rings. The Morgan fingerprint density at radius 3 is 2.70 bits per heavy atom. The van der Waals surface area contributed by atoms with Gasteiger partial charge in [0, 0.05) is 18.1 Å². The Labute approximate surface area is 118 Å². The first-order valence-corrected chi connectivity index (χ1v) is 6.77. The molecule has 0 atom stereocenters. The molecule has 0 saturated heterocycles. The first kappa shape index (κ1) is 12.6. The summed E-state index contributed by atoms with van der Waals surface area (Å²) < 4.78 is 8.01. The molecule has 1 N–H and O–H groups in total. The fourth-order valence-electron chi connectivity index (χ4n) is 2.49. The van der Waals surface area contributed by atoms with E-state index >= 15 is 0 Å². The topological polar surface area (TPSA) is 34.4 Å². The molecule has 0 aliphatic heterocycles. The van der Waals surface area contributed by atoms with Gasteiger partial charge in [0.05, 0.1) is 5.69 Å². The van der Waals surface area contributed by atoms with Gasteiger partial charge in [0.15, 0.2) is 0 Å². The predicted molar refractivity (Wildman–Crippen MR) is 80.1 cm³/mol. The van der Waals surface area contributed by atoms with Crippen molar-refractivity contribution in [3.8, 4) is 11.5 Å². The largest absolute Gasteiger partial charge is 0.508 e. The quantitative estimate of drug-likeness (QED) is 0.776. The molecule has 3 heteroatoms. The lowest BCUT2D eigenvalue weighted by atomic mass is 10.2. The van der Waals surface area contributed by atoms with Gasteiger partial charge in [0.2, 0.25) is 0 Å². The molecule has 0 amide bonds. The molecule has 1 aromatic heterocycles. The number of phenols is 1. The molecule has 2 aromatic carbocycles. The van der Waals surface area contributed by atoms with Crippen molar-refractivity contribution in [1.82, 2.24) is 4.57 Å². The first-order chi connectivity index (χ1) is 9.78. The summed E-state index contributed by atoms with van der Waals surface area (Å²) in [5.74, 6) is 0.899. The van der Waals surface area contributed by atoms with Gasteiger partial charge in [-0.05, 0) is 36.6 Å². The second kappa shape index (κ2) is 5.29. The van der Waals surface area contributed by atoms with Gasteiger partial charge in [0.25, 0.3) is 0 Å². The van der Waals surface area contributed by atoms with Crippen LogP contribution >= 0.6 is 0 Å². The number of nitrogens with zero attached hydrogens (tertiary/aromatic N) is 1. The molecule has 3 nitrogen and oxygen atoms in total. The number of hydrogen-bond acceptors (Lipinski definition) is 2. The molecule has 102 valence electrons. The SMILES string of the molecule is CCn1c(COc2cccc(O)c2)cc2ccccc21. The van der Waals surface area contributed by atoms with E-state index in [4.69, 9.17) is 4.74 Å². The van der Waals surface area contributed by atoms with Crippen LogP contribution in [0, 0.1) is 0 Å². The number of aryl methyl sites for hydroxylation is 1. The first-order valence-electron chi connectivity index (χ1n) is 6.77. The van der Waals surface area contributed by atoms with Crippen LogP contribution in [0.2, 0.25) is 0 Å². The Kier molecular flexibility index (Phi) is 3.33. The van der Waals surface area contributed by atoms with Crippen LogP contribution in [0.1, 0.15) is 12.6 Å². The second-order valence-electron chi connectivity index (χ2n) is 4.72. The third-order valence-electron chi connectivity index (χ3n) is 3.42. The summed E-state index contributed by atoms with van der Waals surface area (Å²) >= 11 is 0. The van der Waals surface area contributed by atoms with Crippen LogP contribution in [0.4, 0.5) is 0 Å². The standard InChI is InChI=1S/C17H17NO2/c1-2-18-14(10-13-6-3-4-9-17(13)18)12-20-16-8-5-7-15(19)11-16/h3-11,19H,2,12H2,1H3. The molecule has 20 heavy (non-hydrogen) atoms. The number of para-hydroxylation sites is 1. The van der Waals surface area contributed by atoms with Crippen LogP contribution in [-0.2, 0) is 13.2 Å². The Bertz CT molecular complexity index is 731. The number of hydrogen-bond donors (Lipinski definition) is 1. The lowest BCUT2D eigenvalue weighted by molar-refractivity contribution is 0.294.